The number of halogens is 2. The summed E-state index contributed by atoms with van der Waals surface area (Å²) < 4.78 is 31.9. The lowest BCUT2D eigenvalue weighted by molar-refractivity contribution is -0.123. The highest BCUT2D eigenvalue weighted by atomic mass is 32.2. The van der Waals surface area contributed by atoms with Crippen molar-refractivity contribution in [3.8, 4) is 0 Å². The molecule has 0 aliphatic rings. The number of nitrogens with one attached hydrogen (secondary N) is 1. The van der Waals surface area contributed by atoms with Gasteiger partial charge in [-0.3, -0.25) is 4.79 Å². The van der Waals surface area contributed by atoms with Gasteiger partial charge in [0.25, 0.3) is 11.7 Å². The van der Waals surface area contributed by atoms with E-state index in [0.29, 0.717) is 27.9 Å². The van der Waals surface area contributed by atoms with Crippen LogP contribution < -0.4 is 5.32 Å². The molecule has 146 valence electrons. The summed E-state index contributed by atoms with van der Waals surface area (Å²) in [6.07, 6.45) is -1.00. The van der Waals surface area contributed by atoms with Crippen molar-refractivity contribution in [1.29, 1.82) is 0 Å². The molecule has 1 heterocycles. The molecular weight excluding hydrogens is 374 g/mol. The predicted molar refractivity (Wildman–Crippen MR) is 101 cm³/mol. The molecule has 0 saturated heterocycles. The number of amides is 1. The van der Waals surface area contributed by atoms with E-state index in [-0.39, 0.29) is 0 Å². The van der Waals surface area contributed by atoms with Gasteiger partial charge in [0.1, 0.15) is 0 Å². The summed E-state index contributed by atoms with van der Waals surface area (Å²) in [5, 5.41) is 2.60. The molecule has 0 fully saturated rings. The van der Waals surface area contributed by atoms with Gasteiger partial charge in [0.2, 0.25) is 0 Å². The predicted octanol–water partition coefficient (Wildman–Crippen LogP) is 4.62. The Morgan fingerprint density at radius 3 is 2.37 bits per heavy atom. The maximum atomic E-state index is 12.4. The zero-order valence-electron chi connectivity index (χ0n) is 15.6. The van der Waals surface area contributed by atoms with E-state index in [1.807, 2.05) is 25.3 Å². The lowest BCUT2D eigenvalue weighted by Crippen LogP contribution is -2.30. The van der Waals surface area contributed by atoms with Crippen molar-refractivity contribution >= 4 is 29.3 Å². The first-order chi connectivity index (χ1) is 12.7. The molecule has 0 aliphatic carbocycles. The summed E-state index contributed by atoms with van der Waals surface area (Å²) in [6, 6.07) is 7.76. The Labute approximate surface area is 161 Å². The minimum absolute atomic E-state index is 0.397. The van der Waals surface area contributed by atoms with Crippen molar-refractivity contribution < 1.29 is 23.1 Å². The van der Waals surface area contributed by atoms with Crippen LogP contribution in [0.3, 0.4) is 0 Å². The Balaban J connectivity index is 1.98. The van der Waals surface area contributed by atoms with Crippen molar-refractivity contribution in [2.75, 3.05) is 5.32 Å². The highest BCUT2D eigenvalue weighted by molar-refractivity contribution is 7.99. The number of esters is 1. The van der Waals surface area contributed by atoms with Gasteiger partial charge in [-0.15, -0.1) is 0 Å². The van der Waals surface area contributed by atoms with Gasteiger partial charge < -0.3 is 14.6 Å². The Morgan fingerprint density at radius 1 is 1.22 bits per heavy atom. The average Bonchev–Trinajstić information content (AvgIpc) is 2.89. The van der Waals surface area contributed by atoms with Crippen LogP contribution in [0.1, 0.15) is 35.6 Å². The third kappa shape index (κ3) is 5.32. The average molecular weight is 396 g/mol. The molecule has 0 bridgehead atoms. The van der Waals surface area contributed by atoms with E-state index in [0.717, 1.165) is 17.9 Å². The molecule has 1 atom stereocenters. The first-order valence-electron chi connectivity index (χ1n) is 8.46. The van der Waals surface area contributed by atoms with E-state index < -0.39 is 23.7 Å². The Bertz CT molecular complexity index is 819. The molecular formula is C19H22F2N2O3S. The van der Waals surface area contributed by atoms with Gasteiger partial charge in [-0.05, 0) is 58.0 Å². The highest BCUT2D eigenvalue weighted by Gasteiger charge is 2.22. The Hall–Kier alpha value is -2.35. The maximum Gasteiger partial charge on any atom is 0.340 e. The van der Waals surface area contributed by atoms with Crippen LogP contribution in [-0.4, -0.2) is 28.3 Å². The highest BCUT2D eigenvalue weighted by Crippen LogP contribution is 2.26. The van der Waals surface area contributed by atoms with E-state index in [4.69, 9.17) is 4.74 Å². The molecule has 5 nitrogen and oxygen atoms in total. The van der Waals surface area contributed by atoms with Gasteiger partial charge in [-0.25, -0.2) is 4.79 Å². The van der Waals surface area contributed by atoms with Crippen LogP contribution in [-0.2, 0) is 16.1 Å². The minimum Gasteiger partial charge on any atom is -0.449 e. The number of benzene rings is 1. The minimum atomic E-state index is -2.50. The Kier molecular flexibility index (Phi) is 7.01. The topological polar surface area (TPSA) is 60.3 Å². The molecule has 0 aliphatic heterocycles. The number of nitrogens with zero attached hydrogens (tertiary/aromatic N) is 1. The van der Waals surface area contributed by atoms with Gasteiger partial charge in [0.15, 0.2) is 6.10 Å². The van der Waals surface area contributed by atoms with Gasteiger partial charge in [0.05, 0.1) is 5.56 Å². The quantitative estimate of drug-likeness (QED) is 0.548. The Morgan fingerprint density at radius 2 is 1.85 bits per heavy atom. The van der Waals surface area contributed by atoms with Crippen molar-refractivity contribution in [2.24, 2.45) is 0 Å². The van der Waals surface area contributed by atoms with E-state index >= 15 is 0 Å². The summed E-state index contributed by atoms with van der Waals surface area (Å²) in [5.41, 5.74) is 2.61. The van der Waals surface area contributed by atoms with Gasteiger partial charge in [-0.2, -0.15) is 8.78 Å². The fraction of sp³-hybridized carbons (Fsp3) is 0.368. The van der Waals surface area contributed by atoms with Crippen LogP contribution >= 0.6 is 11.8 Å². The number of ether oxygens (including phenoxy) is 1. The molecule has 0 spiro atoms. The summed E-state index contributed by atoms with van der Waals surface area (Å²) in [7, 11) is 0. The van der Waals surface area contributed by atoms with E-state index in [1.165, 1.54) is 31.2 Å². The standard InChI is InChI=1S/C19H22F2N2O3S/c1-5-23-11(2)10-16(12(23)3)18(25)26-13(4)17(24)22-14-6-8-15(9-7-14)27-19(20)21/h6-10,13,19H,5H2,1-4H3,(H,22,24)/t13-/m0/s1. The third-order valence-corrected chi connectivity index (χ3v) is 4.83. The molecule has 27 heavy (non-hydrogen) atoms. The second kappa shape index (κ2) is 9.03. The number of aromatic nitrogens is 1. The van der Waals surface area contributed by atoms with Gasteiger partial charge in [-0.1, -0.05) is 11.8 Å². The number of carbonyl (C=O) groups is 2. The summed E-state index contributed by atoms with van der Waals surface area (Å²) in [4.78, 5) is 25.0. The lowest BCUT2D eigenvalue weighted by Gasteiger charge is -2.14. The van der Waals surface area contributed by atoms with E-state index in [2.05, 4.69) is 5.32 Å². The number of rotatable bonds is 7. The largest absolute Gasteiger partial charge is 0.449 e. The van der Waals surface area contributed by atoms with Crippen molar-refractivity contribution in [1.82, 2.24) is 4.57 Å². The van der Waals surface area contributed by atoms with Crippen molar-refractivity contribution in [2.45, 2.75) is 51.0 Å². The summed E-state index contributed by atoms with van der Waals surface area (Å²) in [6.45, 7) is 7.93. The summed E-state index contributed by atoms with van der Waals surface area (Å²) >= 11 is 0.427. The monoisotopic (exact) mass is 396 g/mol. The molecule has 1 N–H and O–H groups in total. The van der Waals surface area contributed by atoms with Crippen LogP contribution in [0, 0.1) is 13.8 Å². The fourth-order valence-electron chi connectivity index (χ4n) is 2.74. The number of hydrogen-bond acceptors (Lipinski definition) is 4. The molecule has 2 aromatic rings. The SMILES string of the molecule is CCn1c(C)cc(C(=O)O[C@@H](C)C(=O)Nc2ccc(SC(F)F)cc2)c1C. The molecule has 0 saturated carbocycles. The molecule has 2 rings (SSSR count). The second-order valence-corrected chi connectivity index (χ2v) is 7.03. The van der Waals surface area contributed by atoms with Crippen LogP contribution in [0.15, 0.2) is 35.2 Å². The first kappa shape index (κ1) is 21.0. The molecule has 0 unspecified atom stereocenters. The normalized spacial score (nSPS) is 12.1. The fourth-order valence-corrected chi connectivity index (χ4v) is 3.23. The van der Waals surface area contributed by atoms with E-state index in [9.17, 15) is 18.4 Å². The molecule has 0 radical (unpaired) electrons. The van der Waals surface area contributed by atoms with Gasteiger partial charge >= 0.3 is 5.97 Å². The molecule has 1 aromatic carbocycles. The second-order valence-electron chi connectivity index (χ2n) is 5.97. The zero-order chi connectivity index (χ0) is 20.1. The lowest BCUT2D eigenvalue weighted by atomic mass is 10.2. The number of thioether (sulfide) groups is 1. The summed E-state index contributed by atoms with van der Waals surface area (Å²) in [5.74, 6) is -3.56. The van der Waals surface area contributed by atoms with Crippen LogP contribution in [0.2, 0.25) is 0 Å². The number of alkyl halides is 2. The number of aryl methyl sites for hydroxylation is 1. The molecule has 8 heteroatoms. The van der Waals surface area contributed by atoms with E-state index in [1.54, 1.807) is 6.07 Å². The molecule has 1 amide bonds. The number of carbonyl (C=O) groups excluding carboxylic acids is 2. The van der Waals surface area contributed by atoms with Crippen LogP contribution in [0.5, 0.6) is 0 Å². The smallest absolute Gasteiger partial charge is 0.340 e. The van der Waals surface area contributed by atoms with Crippen LogP contribution in [0.4, 0.5) is 14.5 Å². The number of anilines is 1. The van der Waals surface area contributed by atoms with Crippen molar-refractivity contribution in [3.63, 3.8) is 0 Å². The number of hydrogen-bond donors (Lipinski definition) is 1. The van der Waals surface area contributed by atoms with Gasteiger partial charge in [0, 0.05) is 28.5 Å². The first-order valence-corrected chi connectivity index (χ1v) is 9.34. The maximum absolute atomic E-state index is 12.4. The van der Waals surface area contributed by atoms with Crippen molar-refractivity contribution in [3.05, 3.63) is 47.3 Å². The third-order valence-electron chi connectivity index (χ3n) is 4.11. The molecule has 1 aromatic heterocycles. The zero-order valence-corrected chi connectivity index (χ0v) is 16.4. The van der Waals surface area contributed by atoms with Crippen LogP contribution in [0.25, 0.3) is 0 Å².